The lowest BCUT2D eigenvalue weighted by atomic mass is 9.86. The maximum atomic E-state index is 13.0. The molecule has 3 rings (SSSR count). The largest absolute Gasteiger partial charge is 0.464 e. The summed E-state index contributed by atoms with van der Waals surface area (Å²) in [5.41, 5.74) is 7.13. The molecule has 1 atom stereocenters. The third kappa shape index (κ3) is 4.70. The monoisotopic (exact) mass is 388 g/mol. The second-order valence-electron chi connectivity index (χ2n) is 9.13. The van der Waals surface area contributed by atoms with Crippen molar-refractivity contribution < 1.29 is 9.53 Å². The average Bonchev–Trinajstić information content (AvgIpc) is 3.06. The van der Waals surface area contributed by atoms with Gasteiger partial charge in [0.05, 0.1) is 5.92 Å². The van der Waals surface area contributed by atoms with Gasteiger partial charge in [0.25, 0.3) is 0 Å². The zero-order valence-corrected chi connectivity index (χ0v) is 18.5. The summed E-state index contributed by atoms with van der Waals surface area (Å²) in [5, 5.41) is 0. The van der Waals surface area contributed by atoms with Crippen molar-refractivity contribution >= 4 is 5.97 Å². The summed E-state index contributed by atoms with van der Waals surface area (Å²) in [6.45, 7) is 13.1. The number of allylic oxidation sites excluding steroid dienone is 2. The molecule has 2 nitrogen and oxygen atoms in total. The SMILES string of the molecule is CC1=CC(C(C)(C)C)=CC1C(=O)OCC(c1ccccc1C)c1ccccc1C. The minimum Gasteiger partial charge on any atom is -0.464 e. The Bertz CT molecular complexity index is 911. The molecule has 1 aliphatic carbocycles. The second kappa shape index (κ2) is 8.41. The quantitative estimate of drug-likeness (QED) is 0.545. The first-order valence-electron chi connectivity index (χ1n) is 10.4. The van der Waals surface area contributed by atoms with Crippen molar-refractivity contribution in [3.05, 3.63) is 94.1 Å². The van der Waals surface area contributed by atoms with Gasteiger partial charge in [-0.25, -0.2) is 0 Å². The topological polar surface area (TPSA) is 26.3 Å². The highest BCUT2D eigenvalue weighted by Crippen LogP contribution is 2.36. The van der Waals surface area contributed by atoms with E-state index in [1.54, 1.807) is 0 Å². The lowest BCUT2D eigenvalue weighted by Crippen LogP contribution is -2.21. The molecule has 0 amide bonds. The number of aryl methyl sites for hydroxylation is 2. The van der Waals surface area contributed by atoms with Crippen molar-refractivity contribution in [2.75, 3.05) is 6.61 Å². The number of carbonyl (C=O) groups is 1. The average molecular weight is 389 g/mol. The zero-order chi connectivity index (χ0) is 21.2. The standard InChI is InChI=1S/C27H32O2/c1-18-11-7-9-13-22(18)25(23-14-10-8-12-19(23)2)17-29-26(28)24-16-21(15-20(24)3)27(4,5)6/h7-16,24-25H,17H2,1-6H3. The molecule has 152 valence electrons. The summed E-state index contributed by atoms with van der Waals surface area (Å²) in [7, 11) is 0. The summed E-state index contributed by atoms with van der Waals surface area (Å²) >= 11 is 0. The Morgan fingerprint density at radius 3 is 1.90 bits per heavy atom. The van der Waals surface area contributed by atoms with E-state index in [4.69, 9.17) is 4.74 Å². The van der Waals surface area contributed by atoms with Gasteiger partial charge in [0.1, 0.15) is 6.61 Å². The van der Waals surface area contributed by atoms with Crippen LogP contribution in [0.2, 0.25) is 0 Å². The van der Waals surface area contributed by atoms with E-state index in [2.05, 4.69) is 83.2 Å². The molecule has 0 heterocycles. The molecule has 0 spiro atoms. The van der Waals surface area contributed by atoms with Crippen molar-refractivity contribution in [3.8, 4) is 0 Å². The third-order valence-electron chi connectivity index (χ3n) is 5.86. The van der Waals surface area contributed by atoms with Crippen LogP contribution in [0.1, 0.15) is 55.9 Å². The van der Waals surface area contributed by atoms with Crippen molar-refractivity contribution in [2.24, 2.45) is 11.3 Å². The molecule has 0 aromatic heterocycles. The van der Waals surface area contributed by atoms with Crippen LogP contribution in [0.15, 0.2) is 71.8 Å². The molecule has 0 saturated carbocycles. The van der Waals surface area contributed by atoms with Gasteiger partial charge in [0.2, 0.25) is 0 Å². The number of rotatable bonds is 5. The van der Waals surface area contributed by atoms with Crippen LogP contribution in [0.3, 0.4) is 0 Å². The molecule has 1 aliphatic rings. The van der Waals surface area contributed by atoms with Crippen molar-refractivity contribution in [1.82, 2.24) is 0 Å². The van der Waals surface area contributed by atoms with Gasteiger partial charge in [0.15, 0.2) is 0 Å². The number of hydrogen-bond donors (Lipinski definition) is 0. The van der Waals surface area contributed by atoms with Gasteiger partial charge in [-0.3, -0.25) is 4.79 Å². The number of carbonyl (C=O) groups excluding carboxylic acids is 1. The van der Waals surface area contributed by atoms with E-state index in [1.807, 2.05) is 19.1 Å². The minimum absolute atomic E-state index is 0.0260. The van der Waals surface area contributed by atoms with Gasteiger partial charge < -0.3 is 4.74 Å². The third-order valence-corrected chi connectivity index (χ3v) is 5.86. The van der Waals surface area contributed by atoms with E-state index in [-0.39, 0.29) is 23.2 Å². The maximum absolute atomic E-state index is 13.0. The van der Waals surface area contributed by atoms with Crippen molar-refractivity contribution in [1.29, 1.82) is 0 Å². The Labute approximate surface area is 175 Å². The summed E-state index contributed by atoms with van der Waals surface area (Å²) < 4.78 is 5.91. The smallest absolute Gasteiger partial charge is 0.317 e. The number of ether oxygens (including phenoxy) is 1. The number of benzene rings is 2. The van der Waals surface area contributed by atoms with E-state index < -0.39 is 0 Å². The van der Waals surface area contributed by atoms with Gasteiger partial charge in [-0.05, 0) is 54.0 Å². The Morgan fingerprint density at radius 1 is 0.931 bits per heavy atom. The van der Waals surface area contributed by atoms with E-state index in [0.29, 0.717) is 6.61 Å². The Kier molecular flexibility index (Phi) is 6.12. The lowest BCUT2D eigenvalue weighted by molar-refractivity contribution is -0.145. The highest BCUT2D eigenvalue weighted by atomic mass is 16.5. The van der Waals surface area contributed by atoms with E-state index in [9.17, 15) is 4.79 Å². The minimum atomic E-state index is -0.279. The predicted molar refractivity (Wildman–Crippen MR) is 120 cm³/mol. The Morgan fingerprint density at radius 2 is 1.45 bits per heavy atom. The normalized spacial score (nSPS) is 16.6. The second-order valence-corrected chi connectivity index (χ2v) is 9.13. The van der Waals surface area contributed by atoms with Gasteiger partial charge >= 0.3 is 5.97 Å². The molecule has 2 aromatic rings. The maximum Gasteiger partial charge on any atom is 0.317 e. The van der Waals surface area contributed by atoms with Gasteiger partial charge in [-0.15, -0.1) is 0 Å². The van der Waals surface area contributed by atoms with Crippen molar-refractivity contribution in [2.45, 2.75) is 47.5 Å². The van der Waals surface area contributed by atoms with E-state index in [0.717, 1.165) is 5.57 Å². The van der Waals surface area contributed by atoms with Crippen LogP contribution in [-0.2, 0) is 9.53 Å². The molecule has 0 aliphatic heterocycles. The molecular weight excluding hydrogens is 356 g/mol. The van der Waals surface area contributed by atoms with Crippen LogP contribution >= 0.6 is 0 Å². The number of esters is 1. The fourth-order valence-corrected chi connectivity index (χ4v) is 3.97. The van der Waals surface area contributed by atoms with Crippen LogP contribution in [0.4, 0.5) is 0 Å². The number of hydrogen-bond acceptors (Lipinski definition) is 2. The van der Waals surface area contributed by atoms with Crippen LogP contribution < -0.4 is 0 Å². The first-order valence-corrected chi connectivity index (χ1v) is 10.4. The fraction of sp³-hybridized carbons (Fsp3) is 0.370. The molecule has 0 N–H and O–H groups in total. The first kappa shape index (κ1) is 21.1. The highest BCUT2D eigenvalue weighted by Gasteiger charge is 2.30. The summed E-state index contributed by atoms with van der Waals surface area (Å²) in [6.07, 6.45) is 4.19. The van der Waals surface area contributed by atoms with Gasteiger partial charge in [0, 0.05) is 5.92 Å². The predicted octanol–water partition coefficient (Wildman–Crippen LogP) is 6.53. The fourth-order valence-electron chi connectivity index (χ4n) is 3.97. The summed E-state index contributed by atoms with van der Waals surface area (Å²) in [5.74, 6) is -0.415. The molecule has 0 saturated heterocycles. The van der Waals surface area contributed by atoms with E-state index >= 15 is 0 Å². The first-order chi connectivity index (χ1) is 13.7. The zero-order valence-electron chi connectivity index (χ0n) is 18.5. The molecule has 2 heteroatoms. The molecule has 29 heavy (non-hydrogen) atoms. The van der Waals surface area contributed by atoms with Gasteiger partial charge in [-0.1, -0.05) is 87.0 Å². The highest BCUT2D eigenvalue weighted by molar-refractivity contribution is 5.80. The van der Waals surface area contributed by atoms with Gasteiger partial charge in [-0.2, -0.15) is 0 Å². The van der Waals surface area contributed by atoms with Crippen molar-refractivity contribution in [3.63, 3.8) is 0 Å². The molecular formula is C27H32O2. The Hall–Kier alpha value is -2.61. The molecule has 0 bridgehead atoms. The van der Waals surface area contributed by atoms with Crippen LogP contribution in [0.25, 0.3) is 0 Å². The molecule has 0 radical (unpaired) electrons. The molecule has 1 unspecified atom stereocenters. The van der Waals surface area contributed by atoms with E-state index in [1.165, 1.54) is 27.8 Å². The van der Waals surface area contributed by atoms with Crippen LogP contribution in [-0.4, -0.2) is 12.6 Å². The molecule has 2 aromatic carbocycles. The van der Waals surface area contributed by atoms with Crippen LogP contribution in [0.5, 0.6) is 0 Å². The van der Waals surface area contributed by atoms with Crippen LogP contribution in [0, 0.1) is 25.2 Å². The summed E-state index contributed by atoms with van der Waals surface area (Å²) in [6, 6.07) is 16.7. The Balaban J connectivity index is 1.84. The summed E-state index contributed by atoms with van der Waals surface area (Å²) in [4.78, 5) is 13.0. The molecule has 0 fully saturated rings. The lowest BCUT2D eigenvalue weighted by Gasteiger charge is -2.23.